The molecule has 0 radical (unpaired) electrons. The monoisotopic (exact) mass is 282 g/mol. The maximum Gasteiger partial charge on any atom is 0.231 e. The number of hydrogen-bond acceptors (Lipinski definition) is 7. The maximum atomic E-state index is 9.39. The number of hydrogen-bond donors (Lipinski definition) is 3. The highest BCUT2D eigenvalue weighted by Crippen LogP contribution is 2.14. The molecule has 114 valence electrons. The van der Waals surface area contributed by atoms with Crippen LogP contribution in [0.25, 0.3) is 0 Å². The summed E-state index contributed by atoms with van der Waals surface area (Å²) in [5, 5.41) is 15.7. The SMILES string of the molecule is CCCNc1nc(NC(CO)C(C)C)nc(N(C)C)n1. The van der Waals surface area contributed by atoms with E-state index in [1.54, 1.807) is 0 Å². The minimum atomic E-state index is -0.0774. The molecule has 0 spiro atoms. The van der Waals surface area contributed by atoms with E-state index in [4.69, 9.17) is 0 Å². The standard InChI is InChI=1S/C13H26N6O/c1-6-7-14-11-16-12(15-10(8-20)9(2)3)18-13(17-11)19(4)5/h9-10,20H,6-8H2,1-5H3,(H2,14,15,16,17,18). The third-order valence-electron chi connectivity index (χ3n) is 2.87. The lowest BCUT2D eigenvalue weighted by atomic mass is 10.1. The van der Waals surface area contributed by atoms with Gasteiger partial charge in [-0.2, -0.15) is 15.0 Å². The average Bonchev–Trinajstić information content (AvgIpc) is 2.41. The molecule has 1 rings (SSSR count). The summed E-state index contributed by atoms with van der Waals surface area (Å²) in [5.41, 5.74) is 0. The van der Waals surface area contributed by atoms with Gasteiger partial charge in [-0.3, -0.25) is 0 Å². The van der Waals surface area contributed by atoms with Gasteiger partial charge in [0.25, 0.3) is 0 Å². The Kier molecular flexibility index (Phi) is 6.44. The minimum absolute atomic E-state index is 0.0400. The Bertz CT molecular complexity index is 410. The first-order valence-corrected chi connectivity index (χ1v) is 7.02. The Balaban J connectivity index is 2.95. The third-order valence-corrected chi connectivity index (χ3v) is 2.87. The molecule has 1 heterocycles. The highest BCUT2D eigenvalue weighted by atomic mass is 16.3. The van der Waals surface area contributed by atoms with Crippen LogP contribution in [-0.2, 0) is 0 Å². The molecule has 1 aromatic heterocycles. The Morgan fingerprint density at radius 2 is 1.80 bits per heavy atom. The molecule has 0 saturated carbocycles. The van der Waals surface area contributed by atoms with Crippen LogP contribution >= 0.6 is 0 Å². The van der Waals surface area contributed by atoms with Crippen LogP contribution < -0.4 is 15.5 Å². The highest BCUT2D eigenvalue weighted by molar-refractivity contribution is 5.43. The van der Waals surface area contributed by atoms with Crippen LogP contribution in [0.2, 0.25) is 0 Å². The van der Waals surface area contributed by atoms with E-state index >= 15 is 0 Å². The molecule has 0 saturated heterocycles. The molecule has 7 nitrogen and oxygen atoms in total. The van der Waals surface area contributed by atoms with Crippen LogP contribution in [0.5, 0.6) is 0 Å². The van der Waals surface area contributed by atoms with E-state index in [1.807, 2.05) is 32.8 Å². The highest BCUT2D eigenvalue weighted by Gasteiger charge is 2.15. The second-order valence-corrected chi connectivity index (χ2v) is 5.28. The van der Waals surface area contributed by atoms with E-state index in [1.165, 1.54) is 0 Å². The number of aliphatic hydroxyl groups excluding tert-OH is 1. The van der Waals surface area contributed by atoms with Crippen molar-refractivity contribution in [3.05, 3.63) is 0 Å². The summed E-state index contributed by atoms with van der Waals surface area (Å²) < 4.78 is 0. The van der Waals surface area contributed by atoms with Gasteiger partial charge < -0.3 is 20.6 Å². The molecule has 7 heteroatoms. The topological polar surface area (TPSA) is 86.2 Å². The quantitative estimate of drug-likeness (QED) is 0.660. The molecule has 1 unspecified atom stereocenters. The van der Waals surface area contributed by atoms with E-state index in [2.05, 4.69) is 32.5 Å². The average molecular weight is 282 g/mol. The van der Waals surface area contributed by atoms with Crippen molar-refractivity contribution in [1.82, 2.24) is 15.0 Å². The van der Waals surface area contributed by atoms with Crippen molar-refractivity contribution in [3.63, 3.8) is 0 Å². The van der Waals surface area contributed by atoms with Gasteiger partial charge in [-0.25, -0.2) is 0 Å². The molecule has 0 aliphatic heterocycles. The molecule has 0 fully saturated rings. The van der Waals surface area contributed by atoms with Crippen LogP contribution in [0.4, 0.5) is 17.8 Å². The molecule has 3 N–H and O–H groups in total. The summed E-state index contributed by atoms with van der Waals surface area (Å²) in [6.07, 6.45) is 0.997. The lowest BCUT2D eigenvalue weighted by Gasteiger charge is -2.21. The van der Waals surface area contributed by atoms with Crippen molar-refractivity contribution in [2.75, 3.05) is 42.8 Å². The minimum Gasteiger partial charge on any atom is -0.394 e. The molecule has 1 atom stereocenters. The number of nitrogens with one attached hydrogen (secondary N) is 2. The van der Waals surface area contributed by atoms with Crippen LogP contribution in [0.1, 0.15) is 27.2 Å². The van der Waals surface area contributed by atoms with Crippen molar-refractivity contribution >= 4 is 17.8 Å². The van der Waals surface area contributed by atoms with Gasteiger partial charge in [-0.05, 0) is 12.3 Å². The number of rotatable bonds is 8. The first kappa shape index (κ1) is 16.4. The molecule has 0 amide bonds. The second-order valence-electron chi connectivity index (χ2n) is 5.28. The number of aliphatic hydroxyl groups is 1. The Morgan fingerprint density at radius 3 is 2.30 bits per heavy atom. The molecular weight excluding hydrogens is 256 g/mol. The first-order valence-electron chi connectivity index (χ1n) is 7.02. The Hall–Kier alpha value is -1.63. The van der Waals surface area contributed by atoms with E-state index in [0.29, 0.717) is 17.8 Å². The largest absolute Gasteiger partial charge is 0.394 e. The molecule has 0 aromatic carbocycles. The van der Waals surface area contributed by atoms with Crippen LogP contribution in [-0.4, -0.2) is 53.3 Å². The Labute approximate surface area is 120 Å². The zero-order valence-corrected chi connectivity index (χ0v) is 13.0. The van der Waals surface area contributed by atoms with E-state index in [9.17, 15) is 5.11 Å². The Morgan fingerprint density at radius 1 is 1.15 bits per heavy atom. The summed E-state index contributed by atoms with van der Waals surface area (Å²) >= 11 is 0. The van der Waals surface area contributed by atoms with Gasteiger partial charge in [-0.1, -0.05) is 20.8 Å². The summed E-state index contributed by atoms with van der Waals surface area (Å²) in [6, 6.07) is -0.0774. The molecule has 0 aliphatic rings. The zero-order chi connectivity index (χ0) is 15.1. The molecule has 1 aromatic rings. The van der Waals surface area contributed by atoms with Crippen LogP contribution in [0.15, 0.2) is 0 Å². The third kappa shape index (κ3) is 4.80. The normalized spacial score (nSPS) is 12.3. The van der Waals surface area contributed by atoms with Gasteiger partial charge in [0.2, 0.25) is 17.8 Å². The fourth-order valence-electron chi connectivity index (χ4n) is 1.53. The molecule has 0 bridgehead atoms. The molecule has 20 heavy (non-hydrogen) atoms. The van der Waals surface area contributed by atoms with Crippen LogP contribution in [0, 0.1) is 5.92 Å². The predicted molar refractivity (Wildman–Crippen MR) is 82.3 cm³/mol. The fourth-order valence-corrected chi connectivity index (χ4v) is 1.53. The van der Waals surface area contributed by atoms with Crippen molar-refractivity contribution in [1.29, 1.82) is 0 Å². The van der Waals surface area contributed by atoms with Crippen molar-refractivity contribution in [2.45, 2.75) is 33.2 Å². The van der Waals surface area contributed by atoms with Gasteiger partial charge in [0.15, 0.2) is 0 Å². The second kappa shape index (κ2) is 7.84. The van der Waals surface area contributed by atoms with Gasteiger partial charge in [0, 0.05) is 20.6 Å². The number of anilines is 3. The van der Waals surface area contributed by atoms with Crippen LogP contribution in [0.3, 0.4) is 0 Å². The van der Waals surface area contributed by atoms with Crippen molar-refractivity contribution in [2.24, 2.45) is 5.92 Å². The summed E-state index contributed by atoms with van der Waals surface area (Å²) in [6.45, 7) is 7.01. The first-order chi connectivity index (χ1) is 9.47. The number of nitrogens with zero attached hydrogens (tertiary/aromatic N) is 4. The van der Waals surface area contributed by atoms with E-state index < -0.39 is 0 Å². The van der Waals surface area contributed by atoms with Gasteiger partial charge in [-0.15, -0.1) is 0 Å². The predicted octanol–water partition coefficient (Wildman–Crippen LogP) is 1.19. The summed E-state index contributed by atoms with van der Waals surface area (Å²) in [7, 11) is 3.77. The van der Waals surface area contributed by atoms with Crippen molar-refractivity contribution in [3.8, 4) is 0 Å². The smallest absolute Gasteiger partial charge is 0.231 e. The number of aromatic nitrogens is 3. The van der Waals surface area contributed by atoms with E-state index in [0.717, 1.165) is 13.0 Å². The summed E-state index contributed by atoms with van der Waals surface area (Å²) in [5.74, 6) is 1.90. The maximum absolute atomic E-state index is 9.39. The molecular formula is C13H26N6O. The van der Waals surface area contributed by atoms with E-state index in [-0.39, 0.29) is 18.6 Å². The van der Waals surface area contributed by atoms with Gasteiger partial charge >= 0.3 is 0 Å². The van der Waals surface area contributed by atoms with Crippen molar-refractivity contribution < 1.29 is 5.11 Å². The lowest BCUT2D eigenvalue weighted by molar-refractivity contribution is 0.248. The molecule has 0 aliphatic carbocycles. The summed E-state index contributed by atoms with van der Waals surface area (Å²) in [4.78, 5) is 14.9. The van der Waals surface area contributed by atoms with Gasteiger partial charge in [0.05, 0.1) is 12.6 Å². The fraction of sp³-hybridized carbons (Fsp3) is 0.769. The zero-order valence-electron chi connectivity index (χ0n) is 13.0. The lowest BCUT2D eigenvalue weighted by Crippen LogP contribution is -2.31. The van der Waals surface area contributed by atoms with Gasteiger partial charge in [0.1, 0.15) is 0 Å².